The molecule has 2 heterocycles. The number of nitrogens with zero attached hydrogens (tertiary/aromatic N) is 1. The molecule has 7 heteroatoms. The van der Waals surface area contributed by atoms with Crippen LogP contribution in [0.3, 0.4) is 0 Å². The molecule has 2 N–H and O–H groups in total. The summed E-state index contributed by atoms with van der Waals surface area (Å²) in [6, 6.07) is 17.1. The molecule has 1 amide bonds. The predicted octanol–water partition coefficient (Wildman–Crippen LogP) is 5.54. The number of aliphatic carboxylic acids is 1. The van der Waals surface area contributed by atoms with Gasteiger partial charge < -0.3 is 19.4 Å². The van der Waals surface area contributed by atoms with Gasteiger partial charge in [0.2, 0.25) is 5.91 Å². The van der Waals surface area contributed by atoms with E-state index in [0.717, 1.165) is 37.8 Å². The highest BCUT2D eigenvalue weighted by Gasteiger charge is 2.22. The number of rotatable bonds is 8. The van der Waals surface area contributed by atoms with Crippen LogP contribution in [0.2, 0.25) is 0 Å². The van der Waals surface area contributed by atoms with Gasteiger partial charge in [0.15, 0.2) is 0 Å². The molecular formula is C26H25BrN2O4. The van der Waals surface area contributed by atoms with E-state index in [1.165, 1.54) is 0 Å². The third-order valence-corrected chi connectivity index (χ3v) is 6.27. The molecule has 0 saturated heterocycles. The number of carboxylic acid groups (broad SMARTS) is 1. The van der Waals surface area contributed by atoms with Gasteiger partial charge in [0.05, 0.1) is 12.8 Å². The predicted molar refractivity (Wildman–Crippen MR) is 130 cm³/mol. The van der Waals surface area contributed by atoms with Gasteiger partial charge in [-0.2, -0.15) is 0 Å². The number of fused-ring (bicyclic) bond motifs is 1. The standard InChI is InChI=1S/C26H25BrN2O4/c1-16-3-6-20(21(27)13-16)26(23-8-4-17(2)33-23)28-24(30)15-18-5-7-22-19(14-18)9-11-29(22)12-10-25(31)32/h3-9,11,13-14,26H,10,12,15H2,1-2H3,(H,28,30)(H,31,32). The van der Waals surface area contributed by atoms with Gasteiger partial charge in [0.1, 0.15) is 17.6 Å². The fraction of sp³-hybridized carbons (Fsp3) is 0.231. The zero-order valence-corrected chi connectivity index (χ0v) is 20.1. The summed E-state index contributed by atoms with van der Waals surface area (Å²) in [6.07, 6.45) is 2.16. The van der Waals surface area contributed by atoms with Gasteiger partial charge in [0, 0.05) is 22.7 Å². The summed E-state index contributed by atoms with van der Waals surface area (Å²) >= 11 is 3.63. The van der Waals surface area contributed by atoms with Crippen LogP contribution in [0.4, 0.5) is 0 Å². The molecule has 0 spiro atoms. The van der Waals surface area contributed by atoms with E-state index < -0.39 is 12.0 Å². The van der Waals surface area contributed by atoms with Crippen molar-refractivity contribution in [1.82, 2.24) is 9.88 Å². The maximum atomic E-state index is 13.0. The zero-order valence-electron chi connectivity index (χ0n) is 18.5. The first-order valence-corrected chi connectivity index (χ1v) is 11.5. The molecule has 0 bridgehead atoms. The number of carbonyl (C=O) groups excluding carboxylic acids is 1. The number of benzene rings is 2. The Morgan fingerprint density at radius 3 is 2.61 bits per heavy atom. The van der Waals surface area contributed by atoms with Gasteiger partial charge in [0.25, 0.3) is 0 Å². The smallest absolute Gasteiger partial charge is 0.305 e. The molecule has 33 heavy (non-hydrogen) atoms. The fourth-order valence-corrected chi connectivity index (χ4v) is 4.67. The number of furan rings is 1. The second kappa shape index (κ2) is 9.67. The molecule has 0 fully saturated rings. The highest BCUT2D eigenvalue weighted by molar-refractivity contribution is 9.10. The van der Waals surface area contributed by atoms with Crippen LogP contribution in [0, 0.1) is 13.8 Å². The molecule has 0 aliphatic rings. The first-order valence-electron chi connectivity index (χ1n) is 10.7. The molecular weight excluding hydrogens is 484 g/mol. The van der Waals surface area contributed by atoms with E-state index in [1.807, 2.05) is 79.2 Å². The average Bonchev–Trinajstić information content (AvgIpc) is 3.36. The minimum absolute atomic E-state index is 0.0656. The molecule has 1 atom stereocenters. The number of carboxylic acids is 1. The van der Waals surface area contributed by atoms with Gasteiger partial charge in [-0.15, -0.1) is 0 Å². The summed E-state index contributed by atoms with van der Waals surface area (Å²) < 4.78 is 8.68. The van der Waals surface area contributed by atoms with E-state index in [2.05, 4.69) is 21.2 Å². The summed E-state index contributed by atoms with van der Waals surface area (Å²) in [4.78, 5) is 23.9. The highest BCUT2D eigenvalue weighted by Crippen LogP contribution is 2.31. The second-order valence-corrected chi connectivity index (χ2v) is 9.05. The van der Waals surface area contributed by atoms with E-state index in [4.69, 9.17) is 9.52 Å². The summed E-state index contributed by atoms with van der Waals surface area (Å²) in [5.74, 6) is 0.513. The van der Waals surface area contributed by atoms with Crippen LogP contribution in [-0.2, 0) is 22.6 Å². The van der Waals surface area contributed by atoms with Crippen molar-refractivity contribution in [2.75, 3.05) is 0 Å². The van der Waals surface area contributed by atoms with E-state index >= 15 is 0 Å². The Morgan fingerprint density at radius 2 is 1.91 bits per heavy atom. The average molecular weight is 509 g/mol. The highest BCUT2D eigenvalue weighted by atomic mass is 79.9. The van der Waals surface area contributed by atoms with Crippen LogP contribution in [0.25, 0.3) is 10.9 Å². The van der Waals surface area contributed by atoms with Crippen LogP contribution in [0.1, 0.15) is 40.7 Å². The van der Waals surface area contributed by atoms with Crippen molar-refractivity contribution in [3.8, 4) is 0 Å². The Kier molecular flexibility index (Phi) is 6.70. The number of hydrogen-bond acceptors (Lipinski definition) is 3. The summed E-state index contributed by atoms with van der Waals surface area (Å²) in [5, 5.41) is 13.0. The normalized spacial score (nSPS) is 12.1. The Bertz CT molecular complexity index is 1320. The molecule has 2 aromatic carbocycles. The molecule has 1 unspecified atom stereocenters. The zero-order chi connectivity index (χ0) is 23.5. The van der Waals surface area contributed by atoms with Crippen LogP contribution >= 0.6 is 15.9 Å². The van der Waals surface area contributed by atoms with Crippen molar-refractivity contribution in [2.45, 2.75) is 39.3 Å². The summed E-state index contributed by atoms with van der Waals surface area (Å²) in [5.41, 5.74) is 3.88. The number of halogens is 1. The SMILES string of the molecule is Cc1ccc(C(NC(=O)Cc2ccc3c(ccn3CCC(=O)O)c2)c2ccc(C)o2)c(Br)c1. The lowest BCUT2D eigenvalue weighted by molar-refractivity contribution is -0.137. The molecule has 0 radical (unpaired) electrons. The third kappa shape index (κ3) is 5.37. The number of nitrogens with one attached hydrogen (secondary N) is 1. The van der Waals surface area contributed by atoms with Crippen molar-refractivity contribution >= 4 is 38.7 Å². The molecule has 0 saturated carbocycles. The van der Waals surface area contributed by atoms with Crippen molar-refractivity contribution in [1.29, 1.82) is 0 Å². The monoisotopic (exact) mass is 508 g/mol. The Labute approximate surface area is 200 Å². The van der Waals surface area contributed by atoms with Gasteiger partial charge in [-0.3, -0.25) is 9.59 Å². The first-order chi connectivity index (χ1) is 15.8. The topological polar surface area (TPSA) is 84.5 Å². The largest absolute Gasteiger partial charge is 0.481 e. The minimum atomic E-state index is -0.827. The summed E-state index contributed by atoms with van der Waals surface area (Å²) in [6.45, 7) is 4.31. The van der Waals surface area contributed by atoms with Crippen molar-refractivity contribution in [2.24, 2.45) is 0 Å². The number of aromatic nitrogens is 1. The third-order valence-electron chi connectivity index (χ3n) is 5.58. The second-order valence-electron chi connectivity index (χ2n) is 8.20. The van der Waals surface area contributed by atoms with Crippen molar-refractivity contribution in [3.63, 3.8) is 0 Å². The molecule has 170 valence electrons. The van der Waals surface area contributed by atoms with E-state index in [-0.39, 0.29) is 18.7 Å². The van der Waals surface area contributed by atoms with Crippen LogP contribution in [-0.4, -0.2) is 21.6 Å². The minimum Gasteiger partial charge on any atom is -0.481 e. The Morgan fingerprint density at radius 1 is 1.09 bits per heavy atom. The van der Waals surface area contributed by atoms with Crippen LogP contribution in [0.5, 0.6) is 0 Å². The van der Waals surface area contributed by atoms with Crippen molar-refractivity contribution < 1.29 is 19.1 Å². The molecule has 0 aliphatic carbocycles. The number of carbonyl (C=O) groups is 2. The molecule has 4 rings (SSSR count). The number of aryl methyl sites for hydroxylation is 3. The van der Waals surface area contributed by atoms with Gasteiger partial charge in [-0.05, 0) is 72.3 Å². The Balaban J connectivity index is 1.53. The van der Waals surface area contributed by atoms with E-state index in [1.54, 1.807) is 0 Å². The van der Waals surface area contributed by atoms with Gasteiger partial charge in [-0.1, -0.05) is 34.1 Å². The van der Waals surface area contributed by atoms with Crippen LogP contribution in [0.15, 0.2) is 69.7 Å². The maximum Gasteiger partial charge on any atom is 0.305 e. The van der Waals surface area contributed by atoms with Gasteiger partial charge >= 0.3 is 5.97 Å². The van der Waals surface area contributed by atoms with E-state index in [9.17, 15) is 9.59 Å². The van der Waals surface area contributed by atoms with E-state index in [0.29, 0.717) is 12.3 Å². The van der Waals surface area contributed by atoms with Gasteiger partial charge in [-0.25, -0.2) is 0 Å². The van der Waals surface area contributed by atoms with Crippen molar-refractivity contribution in [3.05, 3.63) is 93.5 Å². The molecule has 2 aromatic heterocycles. The first kappa shape index (κ1) is 22.9. The lowest BCUT2D eigenvalue weighted by Gasteiger charge is -2.19. The fourth-order valence-electron chi connectivity index (χ4n) is 3.95. The molecule has 0 aliphatic heterocycles. The van der Waals surface area contributed by atoms with Crippen LogP contribution < -0.4 is 5.32 Å². The molecule has 4 aromatic rings. The maximum absolute atomic E-state index is 13.0. The summed E-state index contributed by atoms with van der Waals surface area (Å²) in [7, 11) is 0. The lowest BCUT2D eigenvalue weighted by Crippen LogP contribution is -2.30. The quantitative estimate of drug-likeness (QED) is 0.327. The Hall–Kier alpha value is -3.32. The molecule has 6 nitrogen and oxygen atoms in total. The number of hydrogen-bond donors (Lipinski definition) is 2. The lowest BCUT2D eigenvalue weighted by atomic mass is 10.0. The number of amides is 1.